The minimum atomic E-state index is -0.655. The molecule has 0 aromatic heterocycles. The highest BCUT2D eigenvalue weighted by molar-refractivity contribution is 6.05. The van der Waals surface area contributed by atoms with Gasteiger partial charge in [-0.25, -0.2) is 9.59 Å². The fourth-order valence-corrected chi connectivity index (χ4v) is 3.50. The van der Waals surface area contributed by atoms with Crippen LogP contribution in [-0.4, -0.2) is 57.7 Å². The summed E-state index contributed by atoms with van der Waals surface area (Å²) >= 11 is 0. The second-order valence-electron chi connectivity index (χ2n) is 8.08. The van der Waals surface area contributed by atoms with E-state index in [1.807, 2.05) is 18.2 Å². The van der Waals surface area contributed by atoms with Crippen molar-refractivity contribution in [1.29, 1.82) is 0 Å². The highest BCUT2D eigenvalue weighted by Gasteiger charge is 2.23. The van der Waals surface area contributed by atoms with E-state index in [4.69, 9.17) is 9.47 Å². The number of hydrogen-bond donors (Lipinski definition) is 2. The summed E-state index contributed by atoms with van der Waals surface area (Å²) in [6.07, 6.45) is 0. The first-order chi connectivity index (χ1) is 18.3. The van der Waals surface area contributed by atoms with E-state index >= 15 is 0 Å². The minimum Gasteiger partial charge on any atom is -0.497 e. The molecule has 0 radical (unpaired) electrons. The lowest BCUT2D eigenvalue weighted by atomic mass is 10.2. The standard InChI is InChI=1S/C28H30N4O6/c1-4-38-27(35)20-10-8-11-21(16-20)30-28(36)29-18-25(33)32(23-14-9-15-24(17-23)37-3)19-26(34)31(2)22-12-6-5-7-13-22/h5-17H,4,18-19H2,1-3H3,(H2,29,30,36). The van der Waals surface area contributed by atoms with E-state index in [9.17, 15) is 19.2 Å². The largest absolute Gasteiger partial charge is 0.497 e. The van der Waals surface area contributed by atoms with Gasteiger partial charge in [0.2, 0.25) is 11.8 Å². The molecular weight excluding hydrogens is 488 g/mol. The number of rotatable bonds is 10. The zero-order valence-corrected chi connectivity index (χ0v) is 21.5. The molecule has 10 heteroatoms. The molecule has 0 unspecified atom stereocenters. The van der Waals surface area contributed by atoms with Crippen LogP contribution in [-0.2, 0) is 14.3 Å². The SMILES string of the molecule is CCOC(=O)c1cccc(NC(=O)NCC(=O)N(CC(=O)N(C)c2ccccc2)c2cccc(OC)c2)c1. The van der Waals surface area contributed by atoms with Crippen LogP contribution in [0.15, 0.2) is 78.9 Å². The molecule has 0 spiro atoms. The number of para-hydroxylation sites is 1. The van der Waals surface area contributed by atoms with Crippen LogP contribution in [0.3, 0.4) is 0 Å². The number of esters is 1. The number of nitrogens with zero attached hydrogens (tertiary/aromatic N) is 2. The van der Waals surface area contributed by atoms with Crippen LogP contribution in [0.25, 0.3) is 0 Å². The summed E-state index contributed by atoms with van der Waals surface area (Å²) in [5.74, 6) is -0.835. The molecule has 3 rings (SSSR count). The van der Waals surface area contributed by atoms with E-state index in [1.54, 1.807) is 68.6 Å². The summed E-state index contributed by atoms with van der Waals surface area (Å²) in [4.78, 5) is 53.5. The number of benzene rings is 3. The van der Waals surface area contributed by atoms with Crippen LogP contribution >= 0.6 is 0 Å². The van der Waals surface area contributed by atoms with Crippen molar-refractivity contribution >= 4 is 40.9 Å². The van der Waals surface area contributed by atoms with E-state index in [0.29, 0.717) is 22.8 Å². The number of anilines is 3. The molecule has 10 nitrogen and oxygen atoms in total. The Morgan fingerprint density at radius 2 is 1.55 bits per heavy atom. The smallest absolute Gasteiger partial charge is 0.338 e. The Hall–Kier alpha value is -4.86. The average Bonchev–Trinajstić information content (AvgIpc) is 2.94. The second kappa shape index (κ2) is 13.4. The van der Waals surface area contributed by atoms with E-state index in [2.05, 4.69) is 10.6 Å². The molecule has 0 saturated carbocycles. The van der Waals surface area contributed by atoms with Gasteiger partial charge >= 0.3 is 12.0 Å². The van der Waals surface area contributed by atoms with Crippen molar-refractivity contribution in [3.63, 3.8) is 0 Å². The fraction of sp³-hybridized carbons (Fsp3) is 0.214. The Kier molecular flexibility index (Phi) is 9.81. The van der Waals surface area contributed by atoms with Crippen molar-refractivity contribution in [1.82, 2.24) is 5.32 Å². The van der Waals surface area contributed by atoms with Crippen LogP contribution in [0.2, 0.25) is 0 Å². The van der Waals surface area contributed by atoms with Gasteiger partial charge in [-0.3, -0.25) is 9.59 Å². The number of amides is 4. The summed E-state index contributed by atoms with van der Waals surface area (Å²) < 4.78 is 10.2. The highest BCUT2D eigenvalue weighted by atomic mass is 16.5. The second-order valence-corrected chi connectivity index (χ2v) is 8.08. The van der Waals surface area contributed by atoms with Gasteiger partial charge in [0, 0.05) is 30.2 Å². The first-order valence-corrected chi connectivity index (χ1v) is 11.9. The van der Waals surface area contributed by atoms with Gasteiger partial charge in [-0.15, -0.1) is 0 Å². The normalized spacial score (nSPS) is 10.2. The van der Waals surface area contributed by atoms with Gasteiger partial charge in [0.15, 0.2) is 0 Å². The Morgan fingerprint density at radius 1 is 0.842 bits per heavy atom. The zero-order chi connectivity index (χ0) is 27.5. The molecule has 2 N–H and O–H groups in total. The van der Waals surface area contributed by atoms with Crippen LogP contribution in [0.4, 0.5) is 21.9 Å². The zero-order valence-electron chi connectivity index (χ0n) is 21.5. The summed E-state index contributed by atoms with van der Waals surface area (Å²) in [5, 5.41) is 5.09. The molecule has 0 fully saturated rings. The molecule has 0 atom stereocenters. The topological polar surface area (TPSA) is 117 Å². The van der Waals surface area contributed by atoms with Crippen LogP contribution in [0.5, 0.6) is 5.75 Å². The van der Waals surface area contributed by atoms with E-state index in [0.717, 1.165) is 0 Å². The van der Waals surface area contributed by atoms with Crippen LogP contribution in [0.1, 0.15) is 17.3 Å². The van der Waals surface area contributed by atoms with Gasteiger partial charge in [0.05, 0.1) is 25.8 Å². The summed E-state index contributed by atoms with van der Waals surface area (Å²) in [6, 6.07) is 21.4. The number of carbonyl (C=O) groups is 4. The summed E-state index contributed by atoms with van der Waals surface area (Å²) in [6.45, 7) is 1.28. The quantitative estimate of drug-likeness (QED) is 0.396. The average molecular weight is 519 g/mol. The maximum Gasteiger partial charge on any atom is 0.338 e. The highest BCUT2D eigenvalue weighted by Crippen LogP contribution is 2.22. The molecule has 4 amide bonds. The fourth-order valence-electron chi connectivity index (χ4n) is 3.50. The van der Waals surface area contributed by atoms with E-state index < -0.39 is 17.9 Å². The van der Waals surface area contributed by atoms with E-state index in [1.165, 1.54) is 23.0 Å². The Bertz CT molecular complexity index is 1280. The summed E-state index contributed by atoms with van der Waals surface area (Å²) in [7, 11) is 3.13. The molecule has 0 aliphatic heterocycles. The van der Waals surface area contributed by atoms with Crippen molar-refractivity contribution in [3.8, 4) is 5.75 Å². The third-order valence-electron chi connectivity index (χ3n) is 5.51. The lowest BCUT2D eigenvalue weighted by Gasteiger charge is -2.26. The van der Waals surface area contributed by atoms with Crippen molar-refractivity contribution in [2.75, 3.05) is 49.0 Å². The molecule has 38 heavy (non-hydrogen) atoms. The van der Waals surface area contributed by atoms with Gasteiger partial charge in [-0.05, 0) is 49.4 Å². The Morgan fingerprint density at radius 3 is 2.26 bits per heavy atom. The predicted molar refractivity (Wildman–Crippen MR) is 145 cm³/mol. The molecule has 0 bridgehead atoms. The van der Waals surface area contributed by atoms with Crippen molar-refractivity contribution < 1.29 is 28.7 Å². The number of methoxy groups -OCH3 is 1. The summed E-state index contributed by atoms with van der Waals surface area (Å²) in [5.41, 5.74) is 1.75. The third kappa shape index (κ3) is 7.57. The molecule has 0 aliphatic carbocycles. The monoisotopic (exact) mass is 518 g/mol. The van der Waals surface area contributed by atoms with Crippen LogP contribution in [0, 0.1) is 0 Å². The Labute approximate surface area is 221 Å². The van der Waals surface area contributed by atoms with Gasteiger partial charge < -0.3 is 29.9 Å². The minimum absolute atomic E-state index is 0.229. The van der Waals surface area contributed by atoms with Gasteiger partial charge in [0.1, 0.15) is 12.3 Å². The van der Waals surface area contributed by atoms with Gasteiger partial charge in [0.25, 0.3) is 0 Å². The van der Waals surface area contributed by atoms with Crippen molar-refractivity contribution in [2.45, 2.75) is 6.92 Å². The van der Waals surface area contributed by atoms with Gasteiger partial charge in [-0.1, -0.05) is 30.3 Å². The molecule has 198 valence electrons. The first-order valence-electron chi connectivity index (χ1n) is 11.9. The van der Waals surface area contributed by atoms with Crippen molar-refractivity contribution in [2.24, 2.45) is 0 Å². The Balaban J connectivity index is 1.70. The lowest BCUT2D eigenvalue weighted by molar-refractivity contribution is -0.121. The number of carbonyl (C=O) groups excluding carboxylic acids is 4. The first kappa shape index (κ1) is 27.7. The third-order valence-corrected chi connectivity index (χ3v) is 5.51. The number of likely N-dealkylation sites (N-methyl/N-ethyl adjacent to an activating group) is 1. The number of nitrogens with one attached hydrogen (secondary N) is 2. The maximum absolute atomic E-state index is 13.2. The predicted octanol–water partition coefficient (Wildman–Crippen LogP) is 3.69. The van der Waals surface area contributed by atoms with E-state index in [-0.39, 0.29) is 31.2 Å². The molecule has 3 aromatic rings. The lowest BCUT2D eigenvalue weighted by Crippen LogP contribution is -2.46. The molecule has 3 aromatic carbocycles. The number of hydrogen-bond acceptors (Lipinski definition) is 6. The molecule has 0 heterocycles. The van der Waals surface area contributed by atoms with Gasteiger partial charge in [-0.2, -0.15) is 0 Å². The molecular formula is C28H30N4O6. The van der Waals surface area contributed by atoms with Crippen molar-refractivity contribution in [3.05, 3.63) is 84.4 Å². The molecule has 0 aliphatic rings. The van der Waals surface area contributed by atoms with Crippen LogP contribution < -0.4 is 25.2 Å². The number of ether oxygens (including phenoxy) is 2. The molecule has 0 saturated heterocycles. The maximum atomic E-state index is 13.2. The number of urea groups is 1.